The molecular weight excluding hydrogens is 284 g/mol. The molecule has 1 atom stereocenters. The highest BCUT2D eigenvalue weighted by atomic mass is 79.9. The zero-order valence-electron chi connectivity index (χ0n) is 10.6. The lowest BCUT2D eigenvalue weighted by Gasteiger charge is -2.30. The number of ether oxygens (including phenoxy) is 1. The van der Waals surface area contributed by atoms with E-state index in [0.29, 0.717) is 18.4 Å². The molecule has 0 aromatic carbocycles. The summed E-state index contributed by atoms with van der Waals surface area (Å²) in [6.45, 7) is 6.88. The smallest absolute Gasteiger partial charge is 0.232 e. The molecule has 1 heterocycles. The van der Waals surface area contributed by atoms with Crippen LogP contribution in [0.2, 0.25) is 0 Å². The number of hydrogen-bond donors (Lipinski definition) is 2. The quantitative estimate of drug-likeness (QED) is 0.890. The molecule has 1 aromatic rings. The van der Waals surface area contributed by atoms with Gasteiger partial charge in [0.05, 0.1) is 17.8 Å². The van der Waals surface area contributed by atoms with Crippen molar-refractivity contribution in [3.8, 4) is 5.88 Å². The van der Waals surface area contributed by atoms with Crippen molar-refractivity contribution in [2.45, 2.75) is 26.8 Å². The zero-order valence-corrected chi connectivity index (χ0v) is 12.2. The van der Waals surface area contributed by atoms with Gasteiger partial charge in [0.15, 0.2) is 0 Å². The molecule has 1 aromatic heterocycles. The van der Waals surface area contributed by atoms with Crippen LogP contribution in [-0.2, 0) is 0 Å². The van der Waals surface area contributed by atoms with Crippen molar-refractivity contribution in [3.63, 3.8) is 0 Å². The molecule has 0 bridgehead atoms. The summed E-state index contributed by atoms with van der Waals surface area (Å²) in [5.41, 5.74) is 5.79. The first-order chi connectivity index (χ1) is 7.88. The molecular formula is C11H19BrN4O. The summed E-state index contributed by atoms with van der Waals surface area (Å²) < 4.78 is 5.84. The Morgan fingerprint density at radius 1 is 1.53 bits per heavy atom. The van der Waals surface area contributed by atoms with E-state index in [1.807, 2.05) is 0 Å². The van der Waals surface area contributed by atoms with Crippen LogP contribution in [-0.4, -0.2) is 29.7 Å². The molecule has 3 N–H and O–H groups in total. The number of anilines is 1. The summed E-state index contributed by atoms with van der Waals surface area (Å²) in [6, 6.07) is 0.105. The van der Waals surface area contributed by atoms with Gasteiger partial charge >= 0.3 is 0 Å². The molecule has 0 fully saturated rings. The number of nitrogens with zero attached hydrogens (tertiary/aromatic N) is 2. The van der Waals surface area contributed by atoms with Gasteiger partial charge in [-0.1, -0.05) is 20.8 Å². The maximum absolute atomic E-state index is 5.75. The Morgan fingerprint density at radius 2 is 2.18 bits per heavy atom. The fourth-order valence-electron chi connectivity index (χ4n) is 1.35. The van der Waals surface area contributed by atoms with Gasteiger partial charge in [0.2, 0.25) is 11.8 Å². The predicted molar refractivity (Wildman–Crippen MR) is 72.2 cm³/mol. The molecule has 0 aliphatic rings. The largest absolute Gasteiger partial charge is 0.480 e. The second-order valence-electron chi connectivity index (χ2n) is 4.85. The number of halogens is 1. The minimum absolute atomic E-state index is 0.0401. The fourth-order valence-corrected chi connectivity index (χ4v) is 1.70. The van der Waals surface area contributed by atoms with Crippen molar-refractivity contribution >= 4 is 21.9 Å². The maximum Gasteiger partial charge on any atom is 0.232 e. The van der Waals surface area contributed by atoms with Crippen LogP contribution in [0.3, 0.4) is 0 Å². The Labute approximate surface area is 110 Å². The number of methoxy groups -OCH3 is 1. The topological polar surface area (TPSA) is 73.1 Å². The molecule has 5 nitrogen and oxygen atoms in total. The van der Waals surface area contributed by atoms with E-state index in [4.69, 9.17) is 10.5 Å². The van der Waals surface area contributed by atoms with E-state index in [1.54, 1.807) is 13.3 Å². The number of hydrogen-bond acceptors (Lipinski definition) is 5. The minimum atomic E-state index is 0.0401. The van der Waals surface area contributed by atoms with Crippen molar-refractivity contribution in [2.75, 3.05) is 19.0 Å². The molecule has 0 radical (unpaired) electrons. The van der Waals surface area contributed by atoms with Crippen LogP contribution in [0, 0.1) is 5.41 Å². The molecule has 0 saturated heterocycles. The highest BCUT2D eigenvalue weighted by Crippen LogP contribution is 2.25. The summed E-state index contributed by atoms with van der Waals surface area (Å²) in [4.78, 5) is 8.43. The van der Waals surface area contributed by atoms with Crippen molar-refractivity contribution < 1.29 is 4.74 Å². The molecule has 0 aliphatic heterocycles. The van der Waals surface area contributed by atoms with Gasteiger partial charge in [-0.15, -0.1) is 0 Å². The summed E-state index contributed by atoms with van der Waals surface area (Å²) in [6.07, 6.45) is 1.66. The first kappa shape index (κ1) is 14.2. The minimum Gasteiger partial charge on any atom is -0.480 e. The van der Waals surface area contributed by atoms with Crippen LogP contribution in [0.5, 0.6) is 5.88 Å². The second kappa shape index (κ2) is 5.64. The molecule has 1 unspecified atom stereocenters. The highest BCUT2D eigenvalue weighted by Gasteiger charge is 2.24. The molecule has 0 spiro atoms. The van der Waals surface area contributed by atoms with Gasteiger partial charge in [-0.2, -0.15) is 4.98 Å². The molecule has 6 heteroatoms. The van der Waals surface area contributed by atoms with Gasteiger partial charge in [0.25, 0.3) is 0 Å². The van der Waals surface area contributed by atoms with E-state index >= 15 is 0 Å². The third-order valence-electron chi connectivity index (χ3n) is 2.49. The monoisotopic (exact) mass is 302 g/mol. The Balaban J connectivity index is 2.87. The van der Waals surface area contributed by atoms with Crippen LogP contribution in [0.1, 0.15) is 20.8 Å². The van der Waals surface area contributed by atoms with E-state index in [2.05, 4.69) is 52.0 Å². The molecule has 0 aliphatic carbocycles. The zero-order chi connectivity index (χ0) is 13.1. The fraction of sp³-hybridized carbons (Fsp3) is 0.636. The second-order valence-corrected chi connectivity index (χ2v) is 5.70. The molecule has 96 valence electrons. The summed E-state index contributed by atoms with van der Waals surface area (Å²) >= 11 is 3.31. The van der Waals surface area contributed by atoms with Crippen molar-refractivity contribution in [3.05, 3.63) is 10.7 Å². The first-order valence-corrected chi connectivity index (χ1v) is 6.21. The van der Waals surface area contributed by atoms with Crippen LogP contribution < -0.4 is 15.8 Å². The number of rotatable bonds is 4. The Kier molecular flexibility index (Phi) is 4.70. The molecule has 17 heavy (non-hydrogen) atoms. The average Bonchev–Trinajstić information content (AvgIpc) is 2.26. The van der Waals surface area contributed by atoms with Crippen LogP contribution >= 0.6 is 15.9 Å². The Bertz CT molecular complexity index is 378. The maximum atomic E-state index is 5.75. The van der Waals surface area contributed by atoms with Gasteiger partial charge < -0.3 is 15.8 Å². The number of nitrogens with one attached hydrogen (secondary N) is 1. The normalized spacial score (nSPS) is 13.3. The Hall–Kier alpha value is -0.880. The lowest BCUT2D eigenvalue weighted by Crippen LogP contribution is -2.40. The Morgan fingerprint density at radius 3 is 2.65 bits per heavy atom. The highest BCUT2D eigenvalue weighted by molar-refractivity contribution is 9.10. The van der Waals surface area contributed by atoms with Crippen LogP contribution in [0.4, 0.5) is 5.95 Å². The van der Waals surface area contributed by atoms with Crippen molar-refractivity contribution in [2.24, 2.45) is 11.1 Å². The van der Waals surface area contributed by atoms with Crippen LogP contribution in [0.15, 0.2) is 10.7 Å². The van der Waals surface area contributed by atoms with Gasteiger partial charge in [0.1, 0.15) is 0 Å². The lowest BCUT2D eigenvalue weighted by atomic mass is 9.87. The third kappa shape index (κ3) is 3.81. The number of nitrogens with two attached hydrogens (primary N) is 1. The molecule has 0 saturated carbocycles. The van der Waals surface area contributed by atoms with E-state index in [9.17, 15) is 0 Å². The van der Waals surface area contributed by atoms with Gasteiger partial charge in [-0.25, -0.2) is 4.98 Å². The third-order valence-corrected chi connectivity index (χ3v) is 3.03. The van der Waals surface area contributed by atoms with E-state index in [0.717, 1.165) is 4.47 Å². The summed E-state index contributed by atoms with van der Waals surface area (Å²) in [5.74, 6) is 1.03. The van der Waals surface area contributed by atoms with Gasteiger partial charge in [0, 0.05) is 12.6 Å². The standard InChI is InChI=1S/C11H19BrN4O/c1-11(2,3)8(5-13)15-10-14-6-7(12)9(16-10)17-4/h6,8H,5,13H2,1-4H3,(H,14,15,16). The molecule has 1 rings (SSSR count). The molecule has 0 amide bonds. The van der Waals surface area contributed by atoms with Gasteiger partial charge in [-0.05, 0) is 21.3 Å². The van der Waals surface area contributed by atoms with Crippen LogP contribution in [0.25, 0.3) is 0 Å². The summed E-state index contributed by atoms with van der Waals surface area (Å²) in [7, 11) is 1.57. The number of aromatic nitrogens is 2. The van der Waals surface area contributed by atoms with Gasteiger partial charge in [-0.3, -0.25) is 0 Å². The van der Waals surface area contributed by atoms with Crippen molar-refractivity contribution in [1.82, 2.24) is 9.97 Å². The first-order valence-electron chi connectivity index (χ1n) is 5.41. The van der Waals surface area contributed by atoms with E-state index in [-0.39, 0.29) is 11.5 Å². The van der Waals surface area contributed by atoms with E-state index in [1.165, 1.54) is 0 Å². The summed E-state index contributed by atoms with van der Waals surface area (Å²) in [5, 5.41) is 3.22. The van der Waals surface area contributed by atoms with Crippen molar-refractivity contribution in [1.29, 1.82) is 0 Å². The average molecular weight is 303 g/mol. The lowest BCUT2D eigenvalue weighted by molar-refractivity contribution is 0.343. The van der Waals surface area contributed by atoms with E-state index < -0.39 is 0 Å². The SMILES string of the molecule is COc1nc(NC(CN)C(C)(C)C)ncc1Br. The predicted octanol–water partition coefficient (Wildman–Crippen LogP) is 2.03.